The first-order chi connectivity index (χ1) is 7.86. The maximum absolute atomic E-state index is 5.42. The Labute approximate surface area is 96.9 Å². The third-order valence-corrected chi connectivity index (χ3v) is 2.70. The van der Waals surface area contributed by atoms with E-state index in [9.17, 15) is 0 Å². The van der Waals surface area contributed by atoms with Crippen molar-refractivity contribution in [2.45, 2.75) is 32.3 Å². The fourth-order valence-electron chi connectivity index (χ4n) is 1.79. The van der Waals surface area contributed by atoms with Crippen LogP contribution in [0.15, 0.2) is 36.6 Å². The second kappa shape index (κ2) is 5.59. The molecule has 2 nitrogen and oxygen atoms in total. The number of para-hydroxylation sites is 1. The van der Waals surface area contributed by atoms with Crippen molar-refractivity contribution in [2.75, 3.05) is 6.61 Å². The topological polar surface area (TPSA) is 18.5 Å². The molecule has 16 heavy (non-hydrogen) atoms. The molecule has 2 aliphatic rings. The first-order valence-corrected chi connectivity index (χ1v) is 5.87. The Kier molecular flexibility index (Phi) is 3.86. The van der Waals surface area contributed by atoms with Gasteiger partial charge in [0.15, 0.2) is 0 Å². The van der Waals surface area contributed by atoms with Gasteiger partial charge in [0.2, 0.25) is 0 Å². The summed E-state index contributed by atoms with van der Waals surface area (Å²) in [4.78, 5) is 0. The molecular weight excluding hydrogens is 200 g/mol. The van der Waals surface area contributed by atoms with Crippen LogP contribution in [0.2, 0.25) is 0 Å². The van der Waals surface area contributed by atoms with Crippen molar-refractivity contribution in [2.24, 2.45) is 0 Å². The van der Waals surface area contributed by atoms with Gasteiger partial charge < -0.3 is 9.47 Å². The molecule has 0 saturated carbocycles. The number of hydrogen-bond donors (Lipinski definition) is 0. The number of ether oxygens (including phenoxy) is 2. The molecule has 2 heteroatoms. The summed E-state index contributed by atoms with van der Waals surface area (Å²) >= 11 is 0. The first-order valence-electron chi connectivity index (χ1n) is 5.87. The third kappa shape index (κ3) is 3.02. The van der Waals surface area contributed by atoms with E-state index in [1.807, 2.05) is 18.2 Å². The van der Waals surface area contributed by atoms with E-state index in [1.54, 1.807) is 6.26 Å². The molecule has 2 heterocycles. The van der Waals surface area contributed by atoms with Crippen molar-refractivity contribution in [3.63, 3.8) is 0 Å². The maximum atomic E-state index is 5.42. The summed E-state index contributed by atoms with van der Waals surface area (Å²) in [5.41, 5.74) is 1.36. The van der Waals surface area contributed by atoms with Crippen LogP contribution < -0.4 is 4.74 Å². The van der Waals surface area contributed by atoms with Crippen LogP contribution in [0.25, 0.3) is 0 Å². The van der Waals surface area contributed by atoms with E-state index < -0.39 is 0 Å². The molecule has 0 aromatic heterocycles. The van der Waals surface area contributed by atoms with Crippen LogP contribution in [0.4, 0.5) is 0 Å². The van der Waals surface area contributed by atoms with E-state index >= 15 is 0 Å². The van der Waals surface area contributed by atoms with E-state index in [0.29, 0.717) is 6.10 Å². The smallest absolute Gasteiger partial charge is 0.122 e. The zero-order chi connectivity index (χ0) is 11.2. The van der Waals surface area contributed by atoms with Gasteiger partial charge in [0.05, 0.1) is 19.0 Å². The Morgan fingerprint density at radius 3 is 2.75 bits per heavy atom. The van der Waals surface area contributed by atoms with E-state index in [2.05, 4.69) is 19.1 Å². The highest BCUT2D eigenvalue weighted by molar-refractivity contribution is 5.34. The molecule has 0 amide bonds. The van der Waals surface area contributed by atoms with Crippen molar-refractivity contribution >= 4 is 0 Å². The Hall–Kier alpha value is -1.44. The molecule has 3 rings (SSSR count). The molecule has 0 spiro atoms. The molecule has 1 atom stereocenters. The molecular formula is C14H18O2. The number of aryl methyl sites for hydroxylation is 1. The summed E-state index contributed by atoms with van der Waals surface area (Å²) in [6.07, 6.45) is 7.65. The Bertz CT molecular complexity index is 325. The Balaban J connectivity index is 0.000000138. The summed E-state index contributed by atoms with van der Waals surface area (Å²) in [6.45, 7) is 2.94. The quantitative estimate of drug-likeness (QED) is 0.665. The maximum Gasteiger partial charge on any atom is 0.122 e. The lowest BCUT2D eigenvalue weighted by atomic mass is 10.1. The molecule has 0 saturated heterocycles. The summed E-state index contributed by atoms with van der Waals surface area (Å²) in [6, 6.07) is 8.25. The molecule has 1 aromatic carbocycles. The number of fused-ring (bicyclic) bond motifs is 1. The fourth-order valence-corrected chi connectivity index (χ4v) is 1.79. The highest BCUT2D eigenvalue weighted by Gasteiger charge is 2.06. The number of hydrogen-bond acceptors (Lipinski definition) is 2. The molecule has 0 N–H and O–H groups in total. The van der Waals surface area contributed by atoms with Crippen LogP contribution in [-0.2, 0) is 11.2 Å². The van der Waals surface area contributed by atoms with E-state index in [1.165, 1.54) is 12.0 Å². The van der Waals surface area contributed by atoms with Gasteiger partial charge in [0.1, 0.15) is 5.75 Å². The largest absolute Gasteiger partial charge is 0.498 e. The number of benzene rings is 1. The van der Waals surface area contributed by atoms with Crippen molar-refractivity contribution < 1.29 is 9.47 Å². The zero-order valence-corrected chi connectivity index (χ0v) is 9.69. The summed E-state index contributed by atoms with van der Waals surface area (Å²) in [5, 5.41) is 0. The van der Waals surface area contributed by atoms with Gasteiger partial charge in [-0.25, -0.2) is 0 Å². The lowest BCUT2D eigenvalue weighted by molar-refractivity contribution is 0.189. The minimum absolute atomic E-state index is 0.435. The van der Waals surface area contributed by atoms with Crippen LogP contribution in [0.5, 0.6) is 5.75 Å². The van der Waals surface area contributed by atoms with Crippen LogP contribution in [-0.4, -0.2) is 12.7 Å². The van der Waals surface area contributed by atoms with Gasteiger partial charge in [0, 0.05) is 6.42 Å². The van der Waals surface area contributed by atoms with Gasteiger partial charge in [0.25, 0.3) is 0 Å². The molecule has 1 aromatic rings. The number of rotatable bonds is 0. The Morgan fingerprint density at radius 1 is 1.25 bits per heavy atom. The average molecular weight is 218 g/mol. The monoisotopic (exact) mass is 218 g/mol. The van der Waals surface area contributed by atoms with Crippen LogP contribution in [0, 0.1) is 0 Å². The predicted octanol–water partition coefficient (Wildman–Crippen LogP) is 3.32. The molecule has 0 aliphatic carbocycles. The summed E-state index contributed by atoms with van der Waals surface area (Å²) in [7, 11) is 0. The van der Waals surface area contributed by atoms with Crippen LogP contribution >= 0.6 is 0 Å². The van der Waals surface area contributed by atoms with E-state index in [0.717, 1.165) is 25.2 Å². The normalized spacial score (nSPS) is 21.2. The third-order valence-electron chi connectivity index (χ3n) is 2.70. The van der Waals surface area contributed by atoms with Gasteiger partial charge in [-0.2, -0.15) is 0 Å². The average Bonchev–Trinajstić information content (AvgIpc) is 2.81. The SMILES string of the molecule is CC1CC=CO1.c1ccc2c(c1)CCCO2. The molecule has 1 unspecified atom stereocenters. The summed E-state index contributed by atoms with van der Waals surface area (Å²) in [5.74, 6) is 1.08. The van der Waals surface area contributed by atoms with Crippen molar-refractivity contribution in [1.82, 2.24) is 0 Å². The van der Waals surface area contributed by atoms with Gasteiger partial charge in [-0.3, -0.25) is 0 Å². The highest BCUT2D eigenvalue weighted by Crippen LogP contribution is 2.23. The standard InChI is InChI=1S/C9H10O.C5H8O/c1-2-6-9-8(4-1)5-3-7-10-9;1-5-3-2-4-6-5/h1-2,4,6H,3,5,7H2;2,4-5H,3H2,1H3. The second-order valence-electron chi connectivity index (χ2n) is 4.11. The molecule has 0 radical (unpaired) electrons. The molecule has 86 valence electrons. The van der Waals surface area contributed by atoms with Crippen molar-refractivity contribution in [1.29, 1.82) is 0 Å². The zero-order valence-electron chi connectivity index (χ0n) is 9.69. The highest BCUT2D eigenvalue weighted by atomic mass is 16.5. The van der Waals surface area contributed by atoms with Gasteiger partial charge in [-0.15, -0.1) is 0 Å². The predicted molar refractivity (Wildman–Crippen MR) is 64.6 cm³/mol. The van der Waals surface area contributed by atoms with E-state index in [4.69, 9.17) is 9.47 Å². The van der Waals surface area contributed by atoms with Crippen molar-refractivity contribution in [3.05, 3.63) is 42.2 Å². The lowest BCUT2D eigenvalue weighted by Gasteiger charge is -2.15. The Morgan fingerprint density at radius 2 is 2.12 bits per heavy atom. The van der Waals surface area contributed by atoms with Gasteiger partial charge in [-0.1, -0.05) is 18.2 Å². The molecule has 2 aliphatic heterocycles. The van der Waals surface area contributed by atoms with E-state index in [-0.39, 0.29) is 0 Å². The lowest BCUT2D eigenvalue weighted by Crippen LogP contribution is -2.07. The van der Waals surface area contributed by atoms with Gasteiger partial charge in [-0.05, 0) is 37.5 Å². The first kappa shape index (κ1) is 11.1. The van der Waals surface area contributed by atoms with Crippen LogP contribution in [0.3, 0.4) is 0 Å². The molecule has 0 fully saturated rings. The molecule has 0 bridgehead atoms. The minimum atomic E-state index is 0.435. The van der Waals surface area contributed by atoms with Gasteiger partial charge >= 0.3 is 0 Å². The fraction of sp³-hybridized carbons (Fsp3) is 0.429. The summed E-state index contributed by atoms with van der Waals surface area (Å²) < 4.78 is 10.4. The second-order valence-corrected chi connectivity index (χ2v) is 4.11. The van der Waals surface area contributed by atoms with Crippen molar-refractivity contribution in [3.8, 4) is 5.75 Å². The van der Waals surface area contributed by atoms with Crippen LogP contribution in [0.1, 0.15) is 25.3 Å². The minimum Gasteiger partial charge on any atom is -0.498 e.